The van der Waals surface area contributed by atoms with E-state index in [0.717, 1.165) is 42.8 Å². The Labute approximate surface area is 239 Å². The van der Waals surface area contributed by atoms with Crippen LogP contribution in [-0.2, 0) is 22.8 Å². The first-order valence-corrected chi connectivity index (χ1v) is 15.4. The molecule has 2 N–H and O–H groups in total. The maximum Gasteiger partial charge on any atom is 0.573 e. The molecular weight excluding hydrogens is 551 g/mol. The molecule has 0 saturated carbocycles. The lowest BCUT2D eigenvalue weighted by Gasteiger charge is -2.38. The van der Waals surface area contributed by atoms with E-state index in [1.165, 1.54) is 23.3 Å². The van der Waals surface area contributed by atoms with Crippen molar-refractivity contribution in [1.82, 2.24) is 4.72 Å². The zero-order valence-corrected chi connectivity index (χ0v) is 23.6. The number of benzene rings is 3. The number of hydrogen-bond donors (Lipinski definition) is 2. The molecule has 3 aromatic rings. The molecule has 6 nitrogen and oxygen atoms in total. The summed E-state index contributed by atoms with van der Waals surface area (Å²) < 4.78 is 64.0. The van der Waals surface area contributed by atoms with Crippen LogP contribution >= 0.6 is 0 Å². The third-order valence-electron chi connectivity index (χ3n) is 7.37. The Balaban J connectivity index is 1.48. The average Bonchev–Trinajstić information content (AvgIpc) is 3.11. The van der Waals surface area contributed by atoms with E-state index in [-0.39, 0.29) is 4.90 Å². The predicted octanol–water partition coefficient (Wildman–Crippen LogP) is 7.06. The normalized spacial score (nSPS) is 20.2. The number of aliphatic hydroxyl groups is 1. The molecule has 2 aliphatic rings. The van der Waals surface area contributed by atoms with Gasteiger partial charge in [0.25, 0.3) is 0 Å². The highest BCUT2D eigenvalue weighted by Crippen LogP contribution is 2.41. The summed E-state index contributed by atoms with van der Waals surface area (Å²) in [5, 5.41) is 11.8. The van der Waals surface area contributed by atoms with Crippen molar-refractivity contribution in [2.75, 3.05) is 11.4 Å². The Morgan fingerprint density at radius 3 is 2.20 bits per heavy atom. The molecule has 3 atom stereocenters. The summed E-state index contributed by atoms with van der Waals surface area (Å²) in [7, 11) is -3.28. The van der Waals surface area contributed by atoms with E-state index in [1.54, 1.807) is 0 Å². The van der Waals surface area contributed by atoms with Gasteiger partial charge >= 0.3 is 6.36 Å². The van der Waals surface area contributed by atoms with Crippen LogP contribution in [0.5, 0.6) is 5.75 Å². The van der Waals surface area contributed by atoms with Crippen LogP contribution < -0.4 is 14.4 Å². The van der Waals surface area contributed by atoms with Crippen molar-refractivity contribution in [2.24, 2.45) is 4.36 Å². The molecule has 0 saturated heterocycles. The zero-order chi connectivity index (χ0) is 29.0. The number of ether oxygens (including phenoxy) is 1. The van der Waals surface area contributed by atoms with Crippen molar-refractivity contribution in [3.05, 3.63) is 95.7 Å². The van der Waals surface area contributed by atoms with Crippen LogP contribution in [0.25, 0.3) is 0 Å². The van der Waals surface area contributed by atoms with Gasteiger partial charge in [-0.05, 0) is 79.6 Å². The molecule has 41 heavy (non-hydrogen) atoms. The fourth-order valence-electron chi connectivity index (χ4n) is 5.36. The smallest absolute Gasteiger partial charge is 0.406 e. The number of nitrogens with one attached hydrogen (secondary N) is 1. The fraction of sp³-hybridized carbons (Fsp3) is 0.355. The van der Waals surface area contributed by atoms with Gasteiger partial charge in [0.05, 0.1) is 10.9 Å². The van der Waals surface area contributed by atoms with Crippen molar-refractivity contribution in [1.29, 1.82) is 0 Å². The summed E-state index contributed by atoms with van der Waals surface area (Å²) >= 11 is 0. The lowest BCUT2D eigenvalue weighted by molar-refractivity contribution is -0.274. The lowest BCUT2D eigenvalue weighted by atomic mass is 9.94. The number of unbranched alkanes of at least 4 members (excludes halogenated alkanes) is 1. The molecule has 3 aromatic carbocycles. The number of para-hydroxylation sites is 2. The topological polar surface area (TPSA) is 74.2 Å². The summed E-state index contributed by atoms with van der Waals surface area (Å²) in [5.41, 5.74) is 5.03. The maximum atomic E-state index is 14.3. The Bertz CT molecular complexity index is 1470. The second kappa shape index (κ2) is 12.3. The summed E-state index contributed by atoms with van der Waals surface area (Å²) in [5.74, 6) is -0.405. The predicted molar refractivity (Wildman–Crippen MR) is 154 cm³/mol. The van der Waals surface area contributed by atoms with E-state index in [4.69, 9.17) is 0 Å². The fourth-order valence-corrected chi connectivity index (χ4v) is 7.27. The molecule has 1 heterocycles. The SMILES string of the molecule is CCCCN=S(=O)(N[C@H]1CCC=C(N2c3ccccc3CCc3ccccc32)[C@H]1O)c1ccc(OC(F)(F)F)cc1. The second-order valence-corrected chi connectivity index (χ2v) is 12.2. The van der Waals surface area contributed by atoms with Crippen LogP contribution in [0.3, 0.4) is 0 Å². The van der Waals surface area contributed by atoms with E-state index in [1.807, 2.05) is 37.3 Å². The molecule has 0 radical (unpaired) electrons. The molecule has 0 bridgehead atoms. The molecule has 0 aromatic heterocycles. The van der Waals surface area contributed by atoms with Gasteiger partial charge in [0.2, 0.25) is 0 Å². The number of halogens is 3. The molecule has 0 fully saturated rings. The first-order chi connectivity index (χ1) is 19.7. The van der Waals surface area contributed by atoms with Gasteiger partial charge in [0.15, 0.2) is 0 Å². The first kappa shape index (κ1) is 29.2. The van der Waals surface area contributed by atoms with E-state index < -0.39 is 34.2 Å². The summed E-state index contributed by atoms with van der Waals surface area (Å²) in [4.78, 5) is 2.34. The number of hydrogen-bond acceptors (Lipinski definition) is 5. The van der Waals surface area contributed by atoms with E-state index >= 15 is 0 Å². The van der Waals surface area contributed by atoms with E-state index in [9.17, 15) is 22.5 Å². The number of alkyl halides is 3. The third-order valence-corrected chi connectivity index (χ3v) is 9.45. The Morgan fingerprint density at radius 2 is 1.61 bits per heavy atom. The van der Waals surface area contributed by atoms with Gasteiger partial charge in [-0.1, -0.05) is 55.8 Å². The molecule has 0 amide bonds. The molecule has 218 valence electrons. The van der Waals surface area contributed by atoms with Gasteiger partial charge in [-0.25, -0.2) is 13.3 Å². The number of aryl methyl sites for hydroxylation is 2. The molecule has 1 unspecified atom stereocenters. The highest BCUT2D eigenvalue weighted by molar-refractivity contribution is 7.91. The number of fused-ring (bicyclic) bond motifs is 2. The molecule has 1 aliphatic heterocycles. The van der Waals surface area contributed by atoms with Crippen LogP contribution in [0.1, 0.15) is 43.7 Å². The number of allylic oxidation sites excluding steroid dienone is 1. The van der Waals surface area contributed by atoms with Crippen molar-refractivity contribution in [2.45, 2.75) is 68.9 Å². The van der Waals surface area contributed by atoms with Crippen molar-refractivity contribution in [3.63, 3.8) is 0 Å². The quantitative estimate of drug-likeness (QED) is 0.278. The minimum atomic E-state index is -4.83. The molecular formula is C31H34F3N3O3S. The van der Waals surface area contributed by atoms with Gasteiger partial charge in [-0.15, -0.1) is 13.2 Å². The van der Waals surface area contributed by atoms with Crippen LogP contribution in [0.2, 0.25) is 0 Å². The van der Waals surface area contributed by atoms with Gasteiger partial charge in [0.1, 0.15) is 21.8 Å². The van der Waals surface area contributed by atoms with Crippen LogP contribution in [0, 0.1) is 0 Å². The van der Waals surface area contributed by atoms with Crippen molar-refractivity contribution in [3.8, 4) is 5.75 Å². The number of rotatable bonds is 8. The largest absolute Gasteiger partial charge is 0.573 e. The Morgan fingerprint density at radius 1 is 1.00 bits per heavy atom. The van der Waals surface area contributed by atoms with Crippen LogP contribution in [0.15, 0.2) is 93.8 Å². The standard InChI is InChI=1S/C31H34F3N3O3S/c1-2-3-21-35-41(39,25-19-17-24(18-20-25)40-31(32,33)34)36-26-11-8-14-29(30(26)38)37-27-12-6-4-9-22(27)15-16-23-10-5-7-13-28(23)37/h4-7,9-10,12-14,17-20,26,30,38H,2-3,8,11,15-16,21H2,1H3,(H,35,36,39)/t26-,30-,41?/m0/s1. The summed E-state index contributed by atoms with van der Waals surface area (Å²) in [6.07, 6.45) is 0.605. The number of nitrogens with zero attached hydrogens (tertiary/aromatic N) is 2. The van der Waals surface area contributed by atoms with Gasteiger partial charge in [-0.2, -0.15) is 0 Å². The monoisotopic (exact) mass is 585 g/mol. The van der Waals surface area contributed by atoms with Gasteiger partial charge in [-0.3, -0.25) is 0 Å². The minimum absolute atomic E-state index is 0.233. The Hall–Kier alpha value is -3.34. The summed E-state index contributed by atoms with van der Waals surface area (Å²) in [6.45, 7) is 2.30. The van der Waals surface area contributed by atoms with Gasteiger partial charge < -0.3 is 14.7 Å². The second-order valence-electron chi connectivity index (χ2n) is 10.2. The molecule has 10 heteroatoms. The molecule has 5 rings (SSSR count). The van der Waals surface area contributed by atoms with Crippen LogP contribution in [0.4, 0.5) is 24.5 Å². The lowest BCUT2D eigenvalue weighted by Crippen LogP contribution is -2.48. The Kier molecular flexibility index (Phi) is 8.72. The van der Waals surface area contributed by atoms with E-state index in [0.29, 0.717) is 31.5 Å². The maximum absolute atomic E-state index is 14.3. The zero-order valence-electron chi connectivity index (χ0n) is 22.8. The van der Waals surface area contributed by atoms with Crippen molar-refractivity contribution >= 4 is 21.3 Å². The minimum Gasteiger partial charge on any atom is -0.406 e. The van der Waals surface area contributed by atoms with E-state index in [2.05, 4.69) is 43.0 Å². The third kappa shape index (κ3) is 6.60. The summed E-state index contributed by atoms with van der Waals surface area (Å²) in [6, 6.07) is 20.6. The van der Waals surface area contributed by atoms with Crippen molar-refractivity contribution < 1.29 is 27.2 Å². The molecule has 0 spiro atoms. The first-order valence-electron chi connectivity index (χ1n) is 13.9. The molecule has 1 aliphatic carbocycles. The highest BCUT2D eigenvalue weighted by atomic mass is 32.2. The highest BCUT2D eigenvalue weighted by Gasteiger charge is 2.35. The number of anilines is 2. The van der Waals surface area contributed by atoms with Gasteiger partial charge in [0, 0.05) is 23.6 Å². The van der Waals surface area contributed by atoms with Crippen LogP contribution in [-0.4, -0.2) is 34.4 Å². The average molecular weight is 586 g/mol. The number of aliphatic hydroxyl groups excluding tert-OH is 1.